The van der Waals surface area contributed by atoms with Gasteiger partial charge in [-0.1, -0.05) is 39.0 Å². The maximum Gasteiger partial charge on any atom is 0.219 e. The van der Waals surface area contributed by atoms with E-state index in [2.05, 4.69) is 22.5 Å². The molecule has 0 spiro atoms. The van der Waals surface area contributed by atoms with Crippen LogP contribution >= 0.6 is 0 Å². The minimum Gasteiger partial charge on any atom is -0.493 e. The number of amides is 1. The van der Waals surface area contributed by atoms with E-state index in [-0.39, 0.29) is 11.7 Å². The maximum atomic E-state index is 14.5. The summed E-state index contributed by atoms with van der Waals surface area (Å²) in [7, 11) is 3.31. The summed E-state index contributed by atoms with van der Waals surface area (Å²) in [5, 5.41) is 6.61. The second-order valence-corrected chi connectivity index (χ2v) is 9.60. The molecule has 2 aromatic carbocycles. The third-order valence-electron chi connectivity index (χ3n) is 6.59. The van der Waals surface area contributed by atoms with Crippen molar-refractivity contribution in [2.45, 2.75) is 71.1 Å². The molecule has 0 aliphatic rings. The van der Waals surface area contributed by atoms with Crippen molar-refractivity contribution in [3.05, 3.63) is 48.4 Å². The lowest BCUT2D eigenvalue weighted by atomic mass is 10.1. The molecule has 0 unspecified atom stereocenters. The molecule has 1 aromatic heterocycles. The average molecular weight is 540 g/mol. The Morgan fingerprint density at radius 1 is 0.897 bits per heavy atom. The van der Waals surface area contributed by atoms with Gasteiger partial charge in [0.1, 0.15) is 5.75 Å². The molecule has 0 saturated heterocycles. The number of methoxy groups -OCH3 is 1. The number of halogens is 1. The third-order valence-corrected chi connectivity index (χ3v) is 6.59. The Labute approximate surface area is 231 Å². The smallest absolute Gasteiger partial charge is 0.219 e. The molecule has 2 N–H and O–H groups in total. The fraction of sp³-hybridized carbons (Fsp3) is 0.484. The standard InChI is InChI=1S/C31H42FN3O4/c1-4-5-6-7-8-10-13-31(36)35-17-11-9-12-19-38-30-22-26-24(21-29(30)37-3)27(16-18-34-26)39-28-15-14-23(33-2)20-25(28)32/h14-16,18,20-22,33H,4-13,17,19H2,1-3H3,(H,35,36). The van der Waals surface area contributed by atoms with E-state index in [4.69, 9.17) is 14.2 Å². The Hall–Kier alpha value is -3.55. The monoisotopic (exact) mass is 539 g/mol. The van der Waals surface area contributed by atoms with E-state index in [0.29, 0.717) is 53.4 Å². The number of carbonyl (C=O) groups excluding carboxylic acids is 1. The van der Waals surface area contributed by atoms with E-state index in [1.165, 1.54) is 31.7 Å². The molecule has 7 nitrogen and oxygen atoms in total. The highest BCUT2D eigenvalue weighted by Gasteiger charge is 2.14. The van der Waals surface area contributed by atoms with Gasteiger partial charge in [0, 0.05) is 49.4 Å². The van der Waals surface area contributed by atoms with E-state index in [1.54, 1.807) is 44.6 Å². The first-order chi connectivity index (χ1) is 19.0. The number of nitrogens with zero attached hydrogens (tertiary/aromatic N) is 1. The highest BCUT2D eigenvalue weighted by atomic mass is 19.1. The van der Waals surface area contributed by atoms with E-state index < -0.39 is 5.82 Å². The van der Waals surface area contributed by atoms with Gasteiger partial charge in [0.05, 0.1) is 19.2 Å². The summed E-state index contributed by atoms with van der Waals surface area (Å²) in [6, 6.07) is 10.0. The third kappa shape index (κ3) is 9.61. The van der Waals surface area contributed by atoms with Crippen LogP contribution in [0.5, 0.6) is 23.0 Å². The second kappa shape index (κ2) is 16.4. The Kier molecular flexibility index (Phi) is 12.6. The van der Waals surface area contributed by atoms with Crippen LogP contribution in [-0.2, 0) is 4.79 Å². The number of carbonyl (C=O) groups is 1. The molecule has 0 aliphatic carbocycles. The predicted molar refractivity (Wildman–Crippen MR) is 155 cm³/mol. The topological polar surface area (TPSA) is 81.7 Å². The van der Waals surface area contributed by atoms with Crippen LogP contribution < -0.4 is 24.8 Å². The molecule has 8 heteroatoms. The number of benzene rings is 2. The number of aromatic nitrogens is 1. The first kappa shape index (κ1) is 30.0. The molecule has 0 aliphatic heterocycles. The zero-order chi connectivity index (χ0) is 27.9. The van der Waals surface area contributed by atoms with Crippen LogP contribution in [0.25, 0.3) is 10.9 Å². The number of hydrogen-bond acceptors (Lipinski definition) is 6. The number of fused-ring (bicyclic) bond motifs is 1. The number of ether oxygens (including phenoxy) is 3. The molecular formula is C31H42FN3O4. The van der Waals surface area contributed by atoms with Crippen molar-refractivity contribution in [2.75, 3.05) is 32.6 Å². The van der Waals surface area contributed by atoms with Crippen molar-refractivity contribution in [2.24, 2.45) is 0 Å². The van der Waals surface area contributed by atoms with Gasteiger partial charge < -0.3 is 24.8 Å². The fourth-order valence-corrected chi connectivity index (χ4v) is 4.32. The average Bonchev–Trinajstić information content (AvgIpc) is 2.95. The van der Waals surface area contributed by atoms with Crippen molar-refractivity contribution in [3.8, 4) is 23.0 Å². The van der Waals surface area contributed by atoms with Crippen molar-refractivity contribution >= 4 is 22.5 Å². The largest absolute Gasteiger partial charge is 0.493 e. The molecule has 212 valence electrons. The normalized spacial score (nSPS) is 10.9. The van der Waals surface area contributed by atoms with Crippen LogP contribution in [0, 0.1) is 5.82 Å². The second-order valence-electron chi connectivity index (χ2n) is 9.60. The van der Waals surface area contributed by atoms with Crippen molar-refractivity contribution < 1.29 is 23.4 Å². The Morgan fingerprint density at radius 3 is 2.46 bits per heavy atom. The molecule has 0 saturated carbocycles. The first-order valence-electron chi connectivity index (χ1n) is 14.1. The van der Waals surface area contributed by atoms with Gasteiger partial charge in [-0.2, -0.15) is 0 Å². The molecule has 3 aromatic rings. The van der Waals surface area contributed by atoms with Gasteiger partial charge in [-0.05, 0) is 49.9 Å². The maximum absolute atomic E-state index is 14.5. The summed E-state index contributed by atoms with van der Waals surface area (Å²) >= 11 is 0. The van der Waals surface area contributed by atoms with Crippen molar-refractivity contribution in [1.82, 2.24) is 10.3 Å². The number of hydrogen-bond donors (Lipinski definition) is 2. The van der Waals surface area contributed by atoms with Crippen LogP contribution in [-0.4, -0.2) is 38.2 Å². The lowest BCUT2D eigenvalue weighted by Crippen LogP contribution is -2.24. The van der Waals surface area contributed by atoms with Crippen LogP contribution in [0.1, 0.15) is 71.1 Å². The van der Waals surface area contributed by atoms with Gasteiger partial charge in [-0.25, -0.2) is 4.39 Å². The highest BCUT2D eigenvalue weighted by Crippen LogP contribution is 2.37. The molecule has 0 atom stereocenters. The van der Waals surface area contributed by atoms with Gasteiger partial charge in [-0.15, -0.1) is 0 Å². The van der Waals surface area contributed by atoms with Gasteiger partial charge in [0.2, 0.25) is 5.91 Å². The summed E-state index contributed by atoms with van der Waals surface area (Å²) in [6.07, 6.45) is 12.1. The van der Waals surface area contributed by atoms with Crippen LogP contribution in [0.4, 0.5) is 10.1 Å². The molecule has 0 radical (unpaired) electrons. The minimum atomic E-state index is -0.462. The SMILES string of the molecule is CCCCCCCCC(=O)NCCCCCOc1cc2nccc(Oc3ccc(NC)cc3F)c2cc1OC. The quantitative estimate of drug-likeness (QED) is 0.162. The molecule has 1 heterocycles. The van der Waals surface area contributed by atoms with Crippen molar-refractivity contribution in [3.63, 3.8) is 0 Å². The zero-order valence-electron chi connectivity index (χ0n) is 23.5. The van der Waals surface area contributed by atoms with E-state index >= 15 is 0 Å². The summed E-state index contributed by atoms with van der Waals surface area (Å²) in [6.45, 7) is 3.42. The van der Waals surface area contributed by atoms with Gasteiger partial charge >= 0.3 is 0 Å². The van der Waals surface area contributed by atoms with Gasteiger partial charge in [0.25, 0.3) is 0 Å². The summed E-state index contributed by atoms with van der Waals surface area (Å²) in [4.78, 5) is 16.4. The van der Waals surface area contributed by atoms with Crippen molar-refractivity contribution in [1.29, 1.82) is 0 Å². The van der Waals surface area contributed by atoms with E-state index in [1.807, 2.05) is 6.07 Å². The van der Waals surface area contributed by atoms with E-state index in [9.17, 15) is 9.18 Å². The summed E-state index contributed by atoms with van der Waals surface area (Å²) < 4.78 is 31.9. The summed E-state index contributed by atoms with van der Waals surface area (Å²) in [5.74, 6) is 1.42. The van der Waals surface area contributed by atoms with E-state index in [0.717, 1.165) is 32.1 Å². The number of anilines is 1. The zero-order valence-corrected chi connectivity index (χ0v) is 23.5. The Balaban J connectivity index is 1.45. The lowest BCUT2D eigenvalue weighted by molar-refractivity contribution is -0.121. The number of nitrogens with one attached hydrogen (secondary N) is 2. The Bertz CT molecular complexity index is 1190. The fourth-order valence-electron chi connectivity index (χ4n) is 4.32. The lowest BCUT2D eigenvalue weighted by Gasteiger charge is -2.14. The minimum absolute atomic E-state index is 0.124. The molecular weight excluding hydrogens is 497 g/mol. The first-order valence-corrected chi connectivity index (χ1v) is 14.1. The number of rotatable bonds is 18. The molecule has 0 bridgehead atoms. The predicted octanol–water partition coefficient (Wildman–Crippen LogP) is 7.63. The van der Waals surface area contributed by atoms with Crippen LogP contribution in [0.2, 0.25) is 0 Å². The molecule has 39 heavy (non-hydrogen) atoms. The number of unbranched alkanes of at least 4 members (excludes halogenated alkanes) is 7. The number of pyridine rings is 1. The van der Waals surface area contributed by atoms with Gasteiger partial charge in [0.15, 0.2) is 23.1 Å². The molecule has 1 amide bonds. The highest BCUT2D eigenvalue weighted by molar-refractivity contribution is 5.88. The van der Waals surface area contributed by atoms with Crippen LogP contribution in [0.3, 0.4) is 0 Å². The molecule has 0 fully saturated rings. The van der Waals surface area contributed by atoms with Gasteiger partial charge in [-0.3, -0.25) is 9.78 Å². The Morgan fingerprint density at radius 2 is 1.69 bits per heavy atom. The summed E-state index contributed by atoms with van der Waals surface area (Å²) in [5.41, 5.74) is 1.32. The molecule has 3 rings (SSSR count). The van der Waals surface area contributed by atoms with Crippen LogP contribution in [0.15, 0.2) is 42.6 Å².